The monoisotopic (exact) mass is 315 g/mol. The predicted octanol–water partition coefficient (Wildman–Crippen LogP) is 2.90. The van der Waals surface area contributed by atoms with Crippen molar-refractivity contribution in [3.8, 4) is 0 Å². The molecular formula is C13H18BrNO3. The van der Waals surface area contributed by atoms with Gasteiger partial charge in [0.2, 0.25) is 0 Å². The van der Waals surface area contributed by atoms with Gasteiger partial charge >= 0.3 is 5.97 Å². The van der Waals surface area contributed by atoms with Crippen molar-refractivity contribution >= 4 is 21.9 Å². The van der Waals surface area contributed by atoms with Gasteiger partial charge in [-0.1, -0.05) is 22.9 Å². The average Bonchev–Trinajstić information content (AvgIpc) is 2.19. The van der Waals surface area contributed by atoms with Crippen LogP contribution in [-0.4, -0.2) is 16.1 Å². The number of pyridine rings is 1. The highest BCUT2D eigenvalue weighted by Crippen LogP contribution is 2.17. The Bertz CT molecular complexity index is 488. The maximum Gasteiger partial charge on any atom is 0.329 e. The summed E-state index contributed by atoms with van der Waals surface area (Å²) in [5, 5.41) is 0. The highest BCUT2D eigenvalue weighted by molar-refractivity contribution is 9.10. The molecule has 0 N–H and O–H groups in total. The summed E-state index contributed by atoms with van der Waals surface area (Å²) in [7, 11) is 0. The fourth-order valence-electron chi connectivity index (χ4n) is 1.57. The van der Waals surface area contributed by atoms with Crippen molar-refractivity contribution in [1.29, 1.82) is 0 Å². The van der Waals surface area contributed by atoms with Crippen molar-refractivity contribution in [2.45, 2.75) is 45.8 Å². The van der Waals surface area contributed by atoms with Crippen LogP contribution in [0.4, 0.5) is 0 Å². The number of hydrogen-bond acceptors (Lipinski definition) is 3. The molecule has 1 rings (SSSR count). The number of hydrogen-bond donors (Lipinski definition) is 0. The molecule has 0 radical (unpaired) electrons. The second kappa shape index (κ2) is 5.69. The SMILES string of the molecule is CC[C@@H](C(=O)OC(C)(C)C)n1ccc(Br)cc1=O. The maximum absolute atomic E-state index is 12.0. The molecule has 100 valence electrons. The molecule has 0 amide bonds. The number of rotatable bonds is 3. The first kappa shape index (κ1) is 15.0. The van der Waals surface area contributed by atoms with Gasteiger partial charge in [0, 0.05) is 16.7 Å². The van der Waals surface area contributed by atoms with E-state index in [0.29, 0.717) is 10.9 Å². The molecule has 0 aliphatic heterocycles. The molecular weight excluding hydrogens is 298 g/mol. The lowest BCUT2D eigenvalue weighted by Crippen LogP contribution is -2.34. The van der Waals surface area contributed by atoms with E-state index in [2.05, 4.69) is 15.9 Å². The van der Waals surface area contributed by atoms with Gasteiger partial charge in [-0.05, 0) is 33.3 Å². The first-order valence-corrected chi connectivity index (χ1v) is 6.64. The van der Waals surface area contributed by atoms with Crippen molar-refractivity contribution in [2.24, 2.45) is 0 Å². The zero-order valence-corrected chi connectivity index (χ0v) is 12.7. The Morgan fingerprint density at radius 2 is 2.11 bits per heavy atom. The van der Waals surface area contributed by atoms with Gasteiger partial charge in [0.1, 0.15) is 11.6 Å². The van der Waals surface area contributed by atoms with Crippen LogP contribution in [0.15, 0.2) is 27.6 Å². The number of ether oxygens (including phenoxy) is 1. The van der Waals surface area contributed by atoms with Gasteiger partial charge in [-0.15, -0.1) is 0 Å². The summed E-state index contributed by atoms with van der Waals surface area (Å²) in [5.74, 6) is -0.380. The van der Waals surface area contributed by atoms with Crippen molar-refractivity contribution in [3.63, 3.8) is 0 Å². The third kappa shape index (κ3) is 3.98. The molecule has 0 aromatic carbocycles. The molecule has 0 saturated heterocycles. The quantitative estimate of drug-likeness (QED) is 0.806. The van der Waals surface area contributed by atoms with Gasteiger partial charge in [-0.2, -0.15) is 0 Å². The zero-order valence-electron chi connectivity index (χ0n) is 11.1. The molecule has 18 heavy (non-hydrogen) atoms. The van der Waals surface area contributed by atoms with E-state index in [1.165, 1.54) is 10.6 Å². The van der Waals surface area contributed by atoms with Gasteiger partial charge in [0.25, 0.3) is 5.56 Å². The summed E-state index contributed by atoms with van der Waals surface area (Å²) in [6.45, 7) is 7.27. The van der Waals surface area contributed by atoms with E-state index in [9.17, 15) is 9.59 Å². The predicted molar refractivity (Wildman–Crippen MR) is 73.6 cm³/mol. The van der Waals surface area contributed by atoms with E-state index in [0.717, 1.165) is 0 Å². The fourth-order valence-corrected chi connectivity index (χ4v) is 1.88. The Morgan fingerprint density at radius 1 is 1.50 bits per heavy atom. The van der Waals surface area contributed by atoms with E-state index in [1.807, 2.05) is 27.7 Å². The lowest BCUT2D eigenvalue weighted by Gasteiger charge is -2.24. The minimum absolute atomic E-state index is 0.220. The van der Waals surface area contributed by atoms with Crippen LogP contribution < -0.4 is 5.56 Å². The molecule has 1 aromatic heterocycles. The Hall–Kier alpha value is -1.10. The number of halogens is 1. The topological polar surface area (TPSA) is 48.3 Å². The van der Waals surface area contributed by atoms with E-state index in [-0.39, 0.29) is 11.5 Å². The maximum atomic E-state index is 12.0. The standard InChI is InChI=1S/C13H18BrNO3/c1-5-10(12(17)18-13(2,3)4)15-7-6-9(14)8-11(15)16/h6-8,10H,5H2,1-4H3/t10-/m0/s1. The number of carbonyl (C=O) groups excluding carboxylic acids is 1. The van der Waals surface area contributed by atoms with Crippen LogP contribution in [0.2, 0.25) is 0 Å². The smallest absolute Gasteiger partial charge is 0.329 e. The average molecular weight is 316 g/mol. The molecule has 0 fully saturated rings. The largest absolute Gasteiger partial charge is 0.458 e. The van der Waals surface area contributed by atoms with Crippen molar-refractivity contribution in [3.05, 3.63) is 33.2 Å². The van der Waals surface area contributed by atoms with Crippen LogP contribution in [-0.2, 0) is 9.53 Å². The van der Waals surface area contributed by atoms with Crippen molar-refractivity contribution in [1.82, 2.24) is 4.57 Å². The second-order valence-electron chi connectivity index (χ2n) is 5.05. The summed E-state index contributed by atoms with van der Waals surface area (Å²) in [6.07, 6.45) is 2.11. The van der Waals surface area contributed by atoms with Crippen LogP contribution in [0, 0.1) is 0 Å². The molecule has 0 aliphatic carbocycles. The molecule has 4 nitrogen and oxygen atoms in total. The summed E-state index contributed by atoms with van der Waals surface area (Å²) in [5.41, 5.74) is -0.772. The highest BCUT2D eigenvalue weighted by atomic mass is 79.9. The van der Waals surface area contributed by atoms with E-state index in [1.54, 1.807) is 12.3 Å². The Labute approximate surface area is 115 Å². The Balaban J connectivity index is 3.03. The summed E-state index contributed by atoms with van der Waals surface area (Å²) in [6, 6.07) is 2.59. The van der Waals surface area contributed by atoms with Crippen molar-refractivity contribution in [2.75, 3.05) is 0 Å². The number of carbonyl (C=O) groups is 1. The molecule has 0 unspecified atom stereocenters. The molecule has 1 heterocycles. The number of aromatic nitrogens is 1. The minimum atomic E-state index is -0.579. The number of esters is 1. The summed E-state index contributed by atoms with van der Waals surface area (Å²) in [4.78, 5) is 23.9. The zero-order chi connectivity index (χ0) is 13.9. The molecule has 0 spiro atoms. The highest BCUT2D eigenvalue weighted by Gasteiger charge is 2.25. The van der Waals surface area contributed by atoms with E-state index < -0.39 is 11.6 Å². The Kier molecular flexibility index (Phi) is 4.73. The van der Waals surface area contributed by atoms with Gasteiger partial charge in [-0.25, -0.2) is 4.79 Å². The van der Waals surface area contributed by atoms with Gasteiger partial charge < -0.3 is 9.30 Å². The minimum Gasteiger partial charge on any atom is -0.458 e. The molecule has 0 bridgehead atoms. The molecule has 1 aromatic rings. The Morgan fingerprint density at radius 3 is 2.56 bits per heavy atom. The van der Waals surface area contributed by atoms with Crippen LogP contribution in [0.25, 0.3) is 0 Å². The number of nitrogens with zero attached hydrogens (tertiary/aromatic N) is 1. The van der Waals surface area contributed by atoms with Gasteiger partial charge in [0.05, 0.1) is 0 Å². The van der Waals surface area contributed by atoms with Crippen LogP contribution in [0.5, 0.6) is 0 Å². The lowest BCUT2D eigenvalue weighted by molar-refractivity contribution is -0.159. The third-order valence-corrected chi connectivity index (χ3v) is 2.80. The summed E-state index contributed by atoms with van der Waals surface area (Å²) >= 11 is 3.22. The van der Waals surface area contributed by atoms with Crippen LogP contribution in [0.1, 0.15) is 40.2 Å². The van der Waals surface area contributed by atoms with Gasteiger partial charge in [-0.3, -0.25) is 4.79 Å². The van der Waals surface area contributed by atoms with Gasteiger partial charge in [0.15, 0.2) is 0 Å². The summed E-state index contributed by atoms with van der Waals surface area (Å²) < 4.78 is 7.42. The normalized spacial score (nSPS) is 13.2. The van der Waals surface area contributed by atoms with E-state index in [4.69, 9.17) is 4.74 Å². The first-order valence-electron chi connectivity index (χ1n) is 5.85. The fraction of sp³-hybridized carbons (Fsp3) is 0.538. The third-order valence-electron chi connectivity index (χ3n) is 2.31. The van der Waals surface area contributed by atoms with Crippen molar-refractivity contribution < 1.29 is 9.53 Å². The molecule has 0 saturated carbocycles. The second-order valence-corrected chi connectivity index (χ2v) is 5.96. The molecule has 0 aliphatic rings. The van der Waals surface area contributed by atoms with Crippen LogP contribution in [0.3, 0.4) is 0 Å². The van der Waals surface area contributed by atoms with Crippen LogP contribution >= 0.6 is 15.9 Å². The molecule has 1 atom stereocenters. The first-order chi connectivity index (χ1) is 8.24. The molecule has 5 heteroatoms. The lowest BCUT2D eigenvalue weighted by atomic mass is 10.1. The van der Waals surface area contributed by atoms with E-state index >= 15 is 0 Å².